The van der Waals surface area contributed by atoms with E-state index >= 15 is 0 Å². The lowest BCUT2D eigenvalue weighted by Gasteiger charge is -2.22. The van der Waals surface area contributed by atoms with Crippen molar-refractivity contribution in [3.8, 4) is 6.07 Å². The van der Waals surface area contributed by atoms with Gasteiger partial charge in [0.25, 0.3) is 0 Å². The van der Waals surface area contributed by atoms with Crippen LogP contribution in [0.1, 0.15) is 18.4 Å². The lowest BCUT2D eigenvalue weighted by molar-refractivity contribution is -0.124. The fraction of sp³-hybridized carbons (Fsp3) is 0.429. The van der Waals surface area contributed by atoms with Gasteiger partial charge in [-0.2, -0.15) is 5.26 Å². The van der Waals surface area contributed by atoms with Crippen molar-refractivity contribution >= 4 is 11.6 Å². The molecule has 1 aliphatic heterocycles. The van der Waals surface area contributed by atoms with E-state index < -0.39 is 0 Å². The van der Waals surface area contributed by atoms with Crippen molar-refractivity contribution < 1.29 is 14.3 Å². The predicted molar refractivity (Wildman–Crippen MR) is 69.6 cm³/mol. The van der Waals surface area contributed by atoms with Crippen LogP contribution < -0.4 is 5.32 Å². The molecule has 1 fully saturated rings. The molecule has 0 radical (unpaired) electrons. The minimum Gasteiger partial charge on any atom is -0.381 e. The molecule has 5 nitrogen and oxygen atoms in total. The molecule has 19 heavy (non-hydrogen) atoms. The lowest BCUT2D eigenvalue weighted by atomic mass is 10.1. The van der Waals surface area contributed by atoms with Crippen LogP contribution in [0.4, 0.5) is 5.69 Å². The van der Waals surface area contributed by atoms with Gasteiger partial charge in [-0.25, -0.2) is 0 Å². The van der Waals surface area contributed by atoms with E-state index in [1.165, 1.54) is 0 Å². The van der Waals surface area contributed by atoms with Crippen LogP contribution >= 0.6 is 0 Å². The first-order valence-corrected chi connectivity index (χ1v) is 6.28. The Hall–Kier alpha value is -1.90. The number of nitriles is 1. The average molecular weight is 260 g/mol. The van der Waals surface area contributed by atoms with Gasteiger partial charge in [0, 0.05) is 13.2 Å². The Labute approximate surface area is 112 Å². The average Bonchev–Trinajstić information content (AvgIpc) is 2.47. The first kappa shape index (κ1) is 13.5. The van der Waals surface area contributed by atoms with E-state index in [1.54, 1.807) is 24.3 Å². The van der Waals surface area contributed by atoms with Gasteiger partial charge in [0.2, 0.25) is 5.91 Å². The Bertz CT molecular complexity index is 476. The van der Waals surface area contributed by atoms with Gasteiger partial charge in [-0.05, 0) is 25.0 Å². The molecule has 100 valence electrons. The van der Waals surface area contributed by atoms with E-state index in [1.807, 2.05) is 6.07 Å². The summed E-state index contributed by atoms with van der Waals surface area (Å²) in [5, 5.41) is 11.6. The fourth-order valence-corrected chi connectivity index (χ4v) is 1.91. The second-order valence-corrected chi connectivity index (χ2v) is 4.33. The number of benzene rings is 1. The normalized spacial score (nSPS) is 15.7. The number of rotatable bonds is 4. The molecule has 0 unspecified atom stereocenters. The molecule has 0 atom stereocenters. The van der Waals surface area contributed by atoms with Crippen LogP contribution in [-0.4, -0.2) is 31.8 Å². The number of nitrogens with one attached hydrogen (secondary N) is 1. The number of amides is 1. The van der Waals surface area contributed by atoms with E-state index in [0.717, 1.165) is 12.8 Å². The number of ether oxygens (including phenoxy) is 2. The maximum absolute atomic E-state index is 11.7. The molecule has 0 saturated carbocycles. The van der Waals surface area contributed by atoms with Gasteiger partial charge < -0.3 is 14.8 Å². The number of carbonyl (C=O) groups is 1. The van der Waals surface area contributed by atoms with Crippen LogP contribution in [0.3, 0.4) is 0 Å². The molecule has 0 aromatic heterocycles. The molecule has 5 heteroatoms. The highest BCUT2D eigenvalue weighted by Gasteiger charge is 2.15. The third kappa shape index (κ3) is 4.05. The minimum absolute atomic E-state index is 0.00439. The Morgan fingerprint density at radius 3 is 2.89 bits per heavy atom. The molecule has 1 aromatic rings. The summed E-state index contributed by atoms with van der Waals surface area (Å²) in [6.45, 7) is 1.37. The molecule has 2 rings (SSSR count). The zero-order valence-corrected chi connectivity index (χ0v) is 10.6. The van der Waals surface area contributed by atoms with Crippen LogP contribution in [0.5, 0.6) is 0 Å². The van der Waals surface area contributed by atoms with Crippen LogP contribution in [0.25, 0.3) is 0 Å². The molecule has 1 heterocycles. The van der Waals surface area contributed by atoms with Gasteiger partial charge in [-0.15, -0.1) is 0 Å². The van der Waals surface area contributed by atoms with Crippen molar-refractivity contribution in [2.24, 2.45) is 0 Å². The molecular formula is C14H16N2O3. The SMILES string of the molecule is N#Cc1ccccc1NC(=O)COC1CCOCC1. The first-order valence-electron chi connectivity index (χ1n) is 6.28. The maximum atomic E-state index is 11.7. The van der Waals surface area contributed by atoms with E-state index in [0.29, 0.717) is 24.5 Å². The fourth-order valence-electron chi connectivity index (χ4n) is 1.91. The molecule has 1 aromatic carbocycles. The molecule has 0 spiro atoms. The molecular weight excluding hydrogens is 244 g/mol. The Morgan fingerprint density at radius 1 is 1.42 bits per heavy atom. The third-order valence-corrected chi connectivity index (χ3v) is 2.94. The maximum Gasteiger partial charge on any atom is 0.250 e. The summed E-state index contributed by atoms with van der Waals surface area (Å²) >= 11 is 0. The first-order chi connectivity index (χ1) is 9.29. The van der Waals surface area contributed by atoms with Crippen LogP contribution in [0, 0.1) is 11.3 Å². The van der Waals surface area contributed by atoms with Crippen molar-refractivity contribution in [1.82, 2.24) is 0 Å². The smallest absolute Gasteiger partial charge is 0.250 e. The minimum atomic E-state index is -0.241. The molecule has 0 aliphatic carbocycles. The lowest BCUT2D eigenvalue weighted by Crippen LogP contribution is -2.28. The molecule has 1 saturated heterocycles. The molecule has 1 amide bonds. The van der Waals surface area contributed by atoms with E-state index in [-0.39, 0.29) is 18.6 Å². The summed E-state index contributed by atoms with van der Waals surface area (Å²) in [5.41, 5.74) is 0.965. The van der Waals surface area contributed by atoms with Gasteiger partial charge in [0.05, 0.1) is 17.4 Å². The molecule has 0 bridgehead atoms. The Balaban J connectivity index is 1.82. The summed E-state index contributed by atoms with van der Waals surface area (Å²) in [5.74, 6) is -0.241. The Kier molecular flexibility index (Phi) is 4.90. The van der Waals surface area contributed by atoms with Crippen molar-refractivity contribution in [3.05, 3.63) is 29.8 Å². The summed E-state index contributed by atoms with van der Waals surface area (Å²) in [6, 6.07) is 8.93. The standard InChI is InChI=1S/C14H16N2O3/c15-9-11-3-1-2-4-13(11)16-14(17)10-19-12-5-7-18-8-6-12/h1-4,12H,5-8,10H2,(H,16,17). The monoisotopic (exact) mass is 260 g/mol. The van der Waals surface area contributed by atoms with Crippen molar-refractivity contribution in [1.29, 1.82) is 5.26 Å². The van der Waals surface area contributed by atoms with Crippen molar-refractivity contribution in [3.63, 3.8) is 0 Å². The van der Waals surface area contributed by atoms with Crippen molar-refractivity contribution in [2.75, 3.05) is 25.1 Å². The highest BCUT2D eigenvalue weighted by molar-refractivity contribution is 5.92. The molecule has 1 aliphatic rings. The van der Waals surface area contributed by atoms with Gasteiger partial charge >= 0.3 is 0 Å². The van der Waals surface area contributed by atoms with Crippen LogP contribution in [-0.2, 0) is 14.3 Å². The quantitative estimate of drug-likeness (QED) is 0.894. The number of nitrogens with zero attached hydrogens (tertiary/aromatic N) is 1. The number of anilines is 1. The molecule has 1 N–H and O–H groups in total. The number of para-hydroxylation sites is 1. The predicted octanol–water partition coefficient (Wildman–Crippen LogP) is 1.69. The summed E-state index contributed by atoms with van der Waals surface area (Å²) in [7, 11) is 0. The Morgan fingerprint density at radius 2 is 2.16 bits per heavy atom. The second-order valence-electron chi connectivity index (χ2n) is 4.33. The number of carbonyl (C=O) groups excluding carboxylic acids is 1. The van der Waals surface area contributed by atoms with Gasteiger partial charge in [0.15, 0.2) is 0 Å². The topological polar surface area (TPSA) is 71.4 Å². The zero-order valence-electron chi connectivity index (χ0n) is 10.6. The van der Waals surface area contributed by atoms with Crippen LogP contribution in [0.2, 0.25) is 0 Å². The van der Waals surface area contributed by atoms with Crippen molar-refractivity contribution in [2.45, 2.75) is 18.9 Å². The van der Waals surface area contributed by atoms with Gasteiger partial charge in [-0.1, -0.05) is 12.1 Å². The summed E-state index contributed by atoms with van der Waals surface area (Å²) in [6.07, 6.45) is 1.73. The van der Waals surface area contributed by atoms with E-state index in [9.17, 15) is 4.79 Å². The third-order valence-electron chi connectivity index (χ3n) is 2.94. The van der Waals surface area contributed by atoms with E-state index in [2.05, 4.69) is 5.32 Å². The van der Waals surface area contributed by atoms with Gasteiger partial charge in [-0.3, -0.25) is 4.79 Å². The largest absolute Gasteiger partial charge is 0.381 e. The number of hydrogen-bond donors (Lipinski definition) is 1. The van der Waals surface area contributed by atoms with E-state index in [4.69, 9.17) is 14.7 Å². The number of hydrogen-bond acceptors (Lipinski definition) is 4. The van der Waals surface area contributed by atoms with Crippen LogP contribution in [0.15, 0.2) is 24.3 Å². The summed E-state index contributed by atoms with van der Waals surface area (Å²) in [4.78, 5) is 11.7. The second kappa shape index (κ2) is 6.88. The zero-order chi connectivity index (χ0) is 13.5. The van der Waals surface area contributed by atoms with Gasteiger partial charge in [0.1, 0.15) is 12.7 Å². The highest BCUT2D eigenvalue weighted by atomic mass is 16.5. The summed E-state index contributed by atoms with van der Waals surface area (Å²) < 4.78 is 10.7. The highest BCUT2D eigenvalue weighted by Crippen LogP contribution is 2.14.